The van der Waals surface area contributed by atoms with Gasteiger partial charge in [0, 0.05) is 34.4 Å². The van der Waals surface area contributed by atoms with Crippen LogP contribution in [-0.2, 0) is 6.54 Å². The summed E-state index contributed by atoms with van der Waals surface area (Å²) in [5, 5.41) is 1.92. The minimum atomic E-state index is 0.669. The Morgan fingerprint density at radius 2 is 2.16 bits per heavy atom. The zero-order chi connectivity index (χ0) is 12.8. The lowest BCUT2D eigenvalue weighted by Gasteiger charge is -2.09. The largest absolute Gasteiger partial charge is 0.341 e. The van der Waals surface area contributed by atoms with E-state index in [9.17, 15) is 0 Å². The Kier molecular flexibility index (Phi) is 2.42. The highest BCUT2D eigenvalue weighted by Gasteiger charge is 2.25. The summed E-state index contributed by atoms with van der Waals surface area (Å²) in [5.41, 5.74) is 2.44. The molecule has 19 heavy (non-hydrogen) atoms. The smallest absolute Gasteiger partial charge is 0.0951 e. The van der Waals surface area contributed by atoms with Gasteiger partial charge in [0.05, 0.1) is 18.6 Å². The zero-order valence-electron chi connectivity index (χ0n) is 10.5. The fourth-order valence-corrected chi connectivity index (χ4v) is 2.87. The summed E-state index contributed by atoms with van der Waals surface area (Å²) in [6.07, 6.45) is 8.57. The standard InChI is InChI=1S/C15H14ClN3/c16-14-2-1-3-15-13(14)6-7-18(15)9-12-8-17-10-19(12)11-4-5-11/h1-3,6-8,10-11H,4-5,9H2. The van der Waals surface area contributed by atoms with Crippen LogP contribution in [0.1, 0.15) is 24.6 Å². The van der Waals surface area contributed by atoms with Crippen molar-refractivity contribution in [1.29, 1.82) is 0 Å². The van der Waals surface area contributed by atoms with Gasteiger partial charge >= 0.3 is 0 Å². The van der Waals surface area contributed by atoms with Gasteiger partial charge in [-0.2, -0.15) is 0 Å². The first-order valence-electron chi connectivity index (χ1n) is 6.57. The van der Waals surface area contributed by atoms with Crippen LogP contribution in [0.5, 0.6) is 0 Å². The lowest BCUT2D eigenvalue weighted by Crippen LogP contribution is -2.04. The molecule has 1 aliphatic carbocycles. The van der Waals surface area contributed by atoms with Crippen LogP contribution in [0.3, 0.4) is 0 Å². The molecule has 0 bridgehead atoms. The van der Waals surface area contributed by atoms with Crippen LogP contribution >= 0.6 is 11.6 Å². The van der Waals surface area contributed by atoms with Crippen molar-refractivity contribution in [3.63, 3.8) is 0 Å². The Morgan fingerprint density at radius 1 is 1.26 bits per heavy atom. The molecule has 4 rings (SSSR count). The second-order valence-corrected chi connectivity index (χ2v) is 5.55. The highest BCUT2D eigenvalue weighted by Crippen LogP contribution is 2.36. The molecule has 2 aromatic heterocycles. The van der Waals surface area contributed by atoms with Crippen molar-refractivity contribution in [1.82, 2.24) is 14.1 Å². The number of benzene rings is 1. The Morgan fingerprint density at radius 3 is 3.00 bits per heavy atom. The van der Waals surface area contributed by atoms with E-state index in [0.29, 0.717) is 6.04 Å². The quantitative estimate of drug-likeness (QED) is 0.709. The van der Waals surface area contributed by atoms with Gasteiger partial charge in [0.25, 0.3) is 0 Å². The van der Waals surface area contributed by atoms with Crippen LogP contribution in [-0.4, -0.2) is 14.1 Å². The van der Waals surface area contributed by atoms with Crippen LogP contribution in [0, 0.1) is 0 Å². The molecule has 0 saturated heterocycles. The van der Waals surface area contributed by atoms with E-state index in [-0.39, 0.29) is 0 Å². The number of aromatic nitrogens is 3. The summed E-state index contributed by atoms with van der Waals surface area (Å²) in [5.74, 6) is 0. The molecule has 1 fully saturated rings. The van der Waals surface area contributed by atoms with E-state index in [1.165, 1.54) is 24.1 Å². The summed E-state index contributed by atoms with van der Waals surface area (Å²) < 4.78 is 4.54. The van der Waals surface area contributed by atoms with E-state index >= 15 is 0 Å². The SMILES string of the molecule is Clc1cccc2c1ccn2Cc1cncn1C1CC1. The number of imidazole rings is 1. The summed E-state index contributed by atoms with van der Waals surface area (Å²) in [6.45, 7) is 0.848. The number of nitrogens with zero attached hydrogens (tertiary/aromatic N) is 3. The monoisotopic (exact) mass is 271 g/mol. The summed E-state index contributed by atoms with van der Waals surface area (Å²) >= 11 is 6.21. The lowest BCUT2D eigenvalue weighted by molar-refractivity contribution is 0.665. The molecule has 0 atom stereocenters. The molecule has 0 unspecified atom stereocenters. The van der Waals surface area contributed by atoms with Crippen LogP contribution < -0.4 is 0 Å². The molecule has 0 amide bonds. The first kappa shape index (κ1) is 11.1. The number of fused-ring (bicyclic) bond motifs is 1. The van der Waals surface area contributed by atoms with E-state index in [0.717, 1.165) is 17.0 Å². The Labute approximate surface area is 116 Å². The van der Waals surface area contributed by atoms with Gasteiger partial charge in [-0.25, -0.2) is 4.98 Å². The Balaban J connectivity index is 1.75. The molecule has 1 saturated carbocycles. The number of hydrogen-bond donors (Lipinski definition) is 0. The molecular weight excluding hydrogens is 258 g/mol. The maximum absolute atomic E-state index is 6.21. The third-order valence-corrected chi connectivity index (χ3v) is 4.11. The van der Waals surface area contributed by atoms with Crippen LogP contribution in [0.25, 0.3) is 10.9 Å². The van der Waals surface area contributed by atoms with Gasteiger partial charge < -0.3 is 9.13 Å². The Bertz CT molecular complexity index is 737. The molecule has 3 nitrogen and oxygen atoms in total. The minimum Gasteiger partial charge on any atom is -0.341 e. The normalized spacial score (nSPS) is 15.2. The van der Waals surface area contributed by atoms with Crippen molar-refractivity contribution in [3.05, 3.63) is 53.7 Å². The van der Waals surface area contributed by atoms with E-state index in [2.05, 4.69) is 32.4 Å². The summed E-state index contributed by atoms with van der Waals surface area (Å²) in [4.78, 5) is 4.29. The van der Waals surface area contributed by atoms with Crippen molar-refractivity contribution in [3.8, 4) is 0 Å². The first-order valence-corrected chi connectivity index (χ1v) is 6.95. The van der Waals surface area contributed by atoms with Crippen molar-refractivity contribution in [2.24, 2.45) is 0 Å². The maximum atomic E-state index is 6.21. The molecular formula is C15H14ClN3. The zero-order valence-corrected chi connectivity index (χ0v) is 11.2. The minimum absolute atomic E-state index is 0.669. The number of halogens is 1. The number of rotatable bonds is 3. The van der Waals surface area contributed by atoms with Crippen LogP contribution in [0.4, 0.5) is 0 Å². The predicted octanol–water partition coefficient (Wildman–Crippen LogP) is 3.87. The fourth-order valence-electron chi connectivity index (χ4n) is 2.63. The topological polar surface area (TPSA) is 22.8 Å². The predicted molar refractivity (Wildman–Crippen MR) is 76.5 cm³/mol. The van der Waals surface area contributed by atoms with Gasteiger partial charge in [-0.05, 0) is 31.0 Å². The Hall–Kier alpha value is -1.74. The highest BCUT2D eigenvalue weighted by atomic mass is 35.5. The van der Waals surface area contributed by atoms with Crippen LogP contribution in [0.15, 0.2) is 43.0 Å². The van der Waals surface area contributed by atoms with Crippen molar-refractivity contribution in [2.45, 2.75) is 25.4 Å². The second kappa shape index (κ2) is 4.14. The van der Waals surface area contributed by atoms with Crippen molar-refractivity contribution >= 4 is 22.5 Å². The second-order valence-electron chi connectivity index (χ2n) is 5.14. The van der Waals surface area contributed by atoms with Gasteiger partial charge in [0.15, 0.2) is 0 Å². The molecule has 1 aromatic carbocycles. The molecule has 0 aliphatic heterocycles. The molecule has 0 radical (unpaired) electrons. The van der Waals surface area contributed by atoms with Gasteiger partial charge in [0.2, 0.25) is 0 Å². The molecule has 0 N–H and O–H groups in total. The van der Waals surface area contributed by atoms with Crippen LogP contribution in [0.2, 0.25) is 5.02 Å². The third-order valence-electron chi connectivity index (χ3n) is 3.78. The van der Waals surface area contributed by atoms with Gasteiger partial charge in [-0.3, -0.25) is 0 Å². The molecule has 2 heterocycles. The lowest BCUT2D eigenvalue weighted by atomic mass is 10.2. The van der Waals surface area contributed by atoms with E-state index in [1.54, 1.807) is 0 Å². The number of hydrogen-bond acceptors (Lipinski definition) is 1. The van der Waals surface area contributed by atoms with Crippen molar-refractivity contribution < 1.29 is 0 Å². The molecule has 4 heteroatoms. The third kappa shape index (κ3) is 1.85. The first-order chi connectivity index (χ1) is 9.33. The van der Waals surface area contributed by atoms with Gasteiger partial charge in [-0.1, -0.05) is 17.7 Å². The highest BCUT2D eigenvalue weighted by molar-refractivity contribution is 6.35. The van der Waals surface area contributed by atoms with Gasteiger partial charge in [0.1, 0.15) is 0 Å². The molecule has 96 valence electrons. The average molecular weight is 272 g/mol. The van der Waals surface area contributed by atoms with Crippen molar-refractivity contribution in [2.75, 3.05) is 0 Å². The van der Waals surface area contributed by atoms with E-state index < -0.39 is 0 Å². The molecule has 0 spiro atoms. The van der Waals surface area contributed by atoms with E-state index in [1.807, 2.05) is 24.7 Å². The average Bonchev–Trinajstić information content (AvgIpc) is 3.01. The summed E-state index contributed by atoms with van der Waals surface area (Å²) in [7, 11) is 0. The van der Waals surface area contributed by atoms with Gasteiger partial charge in [-0.15, -0.1) is 0 Å². The summed E-state index contributed by atoms with van der Waals surface area (Å²) in [6, 6.07) is 8.79. The fraction of sp³-hybridized carbons (Fsp3) is 0.267. The van der Waals surface area contributed by atoms with E-state index in [4.69, 9.17) is 11.6 Å². The molecule has 3 aromatic rings. The molecule has 1 aliphatic rings. The maximum Gasteiger partial charge on any atom is 0.0951 e.